The van der Waals surface area contributed by atoms with Gasteiger partial charge in [-0.2, -0.15) is 0 Å². The quantitative estimate of drug-likeness (QED) is 0.600. The first-order valence-corrected chi connectivity index (χ1v) is 6.64. The van der Waals surface area contributed by atoms with Gasteiger partial charge in [0.15, 0.2) is 0 Å². The number of hydrogen-bond acceptors (Lipinski definition) is 6. The van der Waals surface area contributed by atoms with Crippen LogP contribution in [0.3, 0.4) is 0 Å². The normalized spacial score (nSPS) is 12.8. The van der Waals surface area contributed by atoms with Crippen LogP contribution in [0.5, 0.6) is 0 Å². The van der Waals surface area contributed by atoms with Crippen LogP contribution in [-0.2, 0) is 4.74 Å². The zero-order valence-corrected chi connectivity index (χ0v) is 12.3. The van der Waals surface area contributed by atoms with E-state index in [4.69, 9.17) is 5.73 Å². The molecule has 1 aliphatic heterocycles. The van der Waals surface area contributed by atoms with Crippen molar-refractivity contribution in [2.75, 3.05) is 12.8 Å². The summed E-state index contributed by atoms with van der Waals surface area (Å²) in [6.45, 7) is 0. The van der Waals surface area contributed by atoms with Crippen molar-refractivity contribution in [3.05, 3.63) is 57.1 Å². The molecule has 9 heteroatoms. The number of pyridine rings is 1. The summed E-state index contributed by atoms with van der Waals surface area (Å²) in [6, 6.07) is 4.19. The third-order valence-corrected chi connectivity index (χ3v) is 3.57. The molecule has 1 aromatic heterocycles. The number of ether oxygens (including phenoxy) is 1. The fourth-order valence-corrected chi connectivity index (χ4v) is 2.46. The van der Waals surface area contributed by atoms with E-state index in [2.05, 4.69) is 4.74 Å². The van der Waals surface area contributed by atoms with Crippen LogP contribution >= 0.6 is 0 Å². The van der Waals surface area contributed by atoms with Crippen LogP contribution < -0.4 is 16.6 Å². The number of imide groups is 1. The maximum absolute atomic E-state index is 13.7. The summed E-state index contributed by atoms with van der Waals surface area (Å²) in [4.78, 5) is 47.3. The molecule has 0 saturated carbocycles. The maximum Gasteiger partial charge on any atom is 0.340 e. The van der Waals surface area contributed by atoms with Crippen molar-refractivity contribution in [1.29, 1.82) is 0 Å². The number of esters is 1. The van der Waals surface area contributed by atoms with Crippen LogP contribution in [0.2, 0.25) is 0 Å². The van der Waals surface area contributed by atoms with Crippen LogP contribution in [0, 0.1) is 5.82 Å². The number of halogens is 1. The van der Waals surface area contributed by atoms with Gasteiger partial charge >= 0.3 is 5.97 Å². The molecule has 8 nitrogen and oxygen atoms in total. The lowest BCUT2D eigenvalue weighted by Gasteiger charge is -2.13. The zero-order chi connectivity index (χ0) is 17.6. The molecule has 3 rings (SSSR count). The largest absolute Gasteiger partial charge is 0.465 e. The van der Waals surface area contributed by atoms with Crippen LogP contribution in [0.15, 0.2) is 29.1 Å². The van der Waals surface area contributed by atoms with Gasteiger partial charge in [-0.05, 0) is 18.2 Å². The Morgan fingerprint density at radius 3 is 2.58 bits per heavy atom. The van der Waals surface area contributed by atoms with E-state index in [0.29, 0.717) is 0 Å². The number of fused-ring (bicyclic) bond motifs is 1. The van der Waals surface area contributed by atoms with E-state index in [9.17, 15) is 23.6 Å². The topological polar surface area (TPSA) is 120 Å². The van der Waals surface area contributed by atoms with Crippen LogP contribution in [0.1, 0.15) is 31.1 Å². The number of aromatic nitrogens is 1. The monoisotopic (exact) mass is 331 g/mol. The van der Waals surface area contributed by atoms with Crippen molar-refractivity contribution in [1.82, 2.24) is 9.88 Å². The number of hydrogen-bond donors (Lipinski definition) is 2. The Hall–Kier alpha value is -3.49. The molecule has 0 radical (unpaired) electrons. The highest BCUT2D eigenvalue weighted by molar-refractivity contribution is 6.23. The van der Waals surface area contributed by atoms with E-state index in [0.717, 1.165) is 29.9 Å². The lowest BCUT2D eigenvalue weighted by molar-refractivity contribution is 0.0595. The summed E-state index contributed by atoms with van der Waals surface area (Å²) >= 11 is 0. The second-order valence-electron chi connectivity index (χ2n) is 4.93. The highest BCUT2D eigenvalue weighted by atomic mass is 19.1. The van der Waals surface area contributed by atoms with E-state index in [1.54, 1.807) is 0 Å². The lowest BCUT2D eigenvalue weighted by atomic mass is 10.1. The van der Waals surface area contributed by atoms with E-state index >= 15 is 0 Å². The van der Waals surface area contributed by atoms with Gasteiger partial charge in [-0.15, -0.1) is 0 Å². The maximum atomic E-state index is 13.7. The minimum Gasteiger partial charge on any atom is -0.465 e. The third-order valence-electron chi connectivity index (χ3n) is 3.57. The van der Waals surface area contributed by atoms with Crippen LogP contribution in [-0.4, -0.2) is 29.5 Å². The van der Waals surface area contributed by atoms with Crippen molar-refractivity contribution >= 4 is 23.6 Å². The summed E-state index contributed by atoms with van der Waals surface area (Å²) < 4.78 is 19.1. The number of nitrogens with one attached hydrogen (secondary N) is 1. The Labute approximate surface area is 133 Å². The predicted molar refractivity (Wildman–Crippen MR) is 79.5 cm³/mol. The first-order valence-electron chi connectivity index (χ1n) is 6.64. The first-order chi connectivity index (χ1) is 11.3. The summed E-state index contributed by atoms with van der Waals surface area (Å²) in [5.41, 5.74) is 4.52. The van der Waals surface area contributed by atoms with Gasteiger partial charge in [0, 0.05) is 6.07 Å². The van der Waals surface area contributed by atoms with Gasteiger partial charge in [-0.25, -0.2) is 9.18 Å². The highest BCUT2D eigenvalue weighted by Crippen LogP contribution is 2.24. The number of methoxy groups -OCH3 is 1. The van der Waals surface area contributed by atoms with Gasteiger partial charge in [0.25, 0.3) is 17.4 Å². The van der Waals surface area contributed by atoms with Crippen molar-refractivity contribution < 1.29 is 23.5 Å². The average Bonchev–Trinajstić information content (AvgIpc) is 2.82. The van der Waals surface area contributed by atoms with E-state index < -0.39 is 34.7 Å². The number of nitrogens with two attached hydrogens (primary N) is 1. The smallest absolute Gasteiger partial charge is 0.340 e. The number of benzene rings is 1. The molecule has 3 N–H and O–H groups in total. The lowest BCUT2D eigenvalue weighted by Crippen LogP contribution is -2.24. The number of amides is 2. The van der Waals surface area contributed by atoms with Crippen molar-refractivity contribution in [2.24, 2.45) is 0 Å². The summed E-state index contributed by atoms with van der Waals surface area (Å²) in [6.07, 6.45) is 0. The van der Waals surface area contributed by atoms with Crippen molar-refractivity contribution in [3.8, 4) is 5.69 Å². The molecule has 2 heterocycles. The third kappa shape index (κ3) is 2.14. The van der Waals surface area contributed by atoms with E-state index in [-0.39, 0.29) is 22.6 Å². The predicted octanol–water partition coefficient (Wildman–Crippen LogP) is 0.229. The number of rotatable bonds is 2. The molecular weight excluding hydrogens is 321 g/mol. The highest BCUT2D eigenvalue weighted by Gasteiger charge is 2.32. The number of carbonyl (C=O) groups excluding carboxylic acids is 3. The van der Waals surface area contributed by atoms with Crippen LogP contribution in [0.25, 0.3) is 5.69 Å². The van der Waals surface area contributed by atoms with Gasteiger partial charge in [0.2, 0.25) is 0 Å². The SMILES string of the molecule is COC(=O)c1cc(-n2c(N)c3c(cc2=O)C(=O)NC3=O)ccc1F. The van der Waals surface area contributed by atoms with Gasteiger partial charge in [0.1, 0.15) is 11.6 Å². The Bertz CT molecular complexity index is 980. The number of carbonyl (C=O) groups is 3. The summed E-state index contributed by atoms with van der Waals surface area (Å²) in [7, 11) is 1.08. The van der Waals surface area contributed by atoms with Gasteiger partial charge in [0.05, 0.1) is 29.5 Å². The van der Waals surface area contributed by atoms with Gasteiger partial charge in [-0.1, -0.05) is 0 Å². The molecule has 1 aliphatic rings. The van der Waals surface area contributed by atoms with Crippen molar-refractivity contribution in [3.63, 3.8) is 0 Å². The van der Waals surface area contributed by atoms with Gasteiger partial charge < -0.3 is 10.5 Å². The van der Waals surface area contributed by atoms with E-state index in [1.807, 2.05) is 5.32 Å². The Morgan fingerprint density at radius 2 is 1.92 bits per heavy atom. The number of anilines is 1. The molecule has 0 fully saturated rings. The van der Waals surface area contributed by atoms with Crippen molar-refractivity contribution in [2.45, 2.75) is 0 Å². The molecule has 24 heavy (non-hydrogen) atoms. The standard InChI is InChI=1S/C15H10FN3O5/c1-24-15(23)7-4-6(2-3-9(7)16)19-10(20)5-8-11(12(19)17)14(22)18-13(8)21/h2-5H,17H2,1H3,(H,18,21,22). The van der Waals surface area contributed by atoms with Gasteiger partial charge in [-0.3, -0.25) is 24.3 Å². The first kappa shape index (κ1) is 15.4. The molecular formula is C15H10FN3O5. The van der Waals surface area contributed by atoms with E-state index in [1.165, 1.54) is 6.07 Å². The molecule has 0 aliphatic carbocycles. The molecule has 122 valence electrons. The Morgan fingerprint density at radius 1 is 1.21 bits per heavy atom. The Balaban J connectivity index is 2.27. The number of nitrogen functional groups attached to an aromatic ring is 1. The average molecular weight is 331 g/mol. The molecule has 0 bridgehead atoms. The second-order valence-corrected chi connectivity index (χ2v) is 4.93. The second kappa shape index (κ2) is 5.30. The molecule has 0 atom stereocenters. The minimum absolute atomic E-state index is 0.0502. The summed E-state index contributed by atoms with van der Waals surface area (Å²) in [5, 5.41) is 2.03. The fourth-order valence-electron chi connectivity index (χ4n) is 2.46. The minimum atomic E-state index is -0.935. The summed E-state index contributed by atoms with van der Waals surface area (Å²) in [5.74, 6) is -3.53. The molecule has 2 amide bonds. The zero-order valence-electron chi connectivity index (χ0n) is 12.3. The molecule has 2 aromatic rings. The molecule has 0 unspecified atom stereocenters. The molecule has 1 aromatic carbocycles. The number of nitrogens with zero attached hydrogens (tertiary/aromatic N) is 1. The molecule has 0 saturated heterocycles. The Kier molecular flexibility index (Phi) is 3.40. The fraction of sp³-hybridized carbons (Fsp3) is 0.0667. The molecule has 0 spiro atoms. The van der Waals surface area contributed by atoms with Crippen LogP contribution in [0.4, 0.5) is 10.2 Å².